The second-order valence-electron chi connectivity index (χ2n) is 6.88. The van der Waals surface area contributed by atoms with E-state index in [0.29, 0.717) is 5.89 Å². The number of aryl methyl sites for hydroxylation is 1. The monoisotopic (exact) mass is 352 g/mol. The molecule has 3 nitrogen and oxygen atoms in total. The van der Waals surface area contributed by atoms with Crippen molar-refractivity contribution in [3.05, 3.63) is 83.9 Å². The van der Waals surface area contributed by atoms with Crippen LogP contribution in [0.4, 0.5) is 11.4 Å². The first-order valence-corrected chi connectivity index (χ1v) is 9.28. The van der Waals surface area contributed by atoms with Gasteiger partial charge in [0.05, 0.1) is 0 Å². The Morgan fingerprint density at radius 1 is 0.926 bits per heavy atom. The minimum absolute atomic E-state index is 0.658. The van der Waals surface area contributed by atoms with Gasteiger partial charge in [-0.2, -0.15) is 0 Å². The van der Waals surface area contributed by atoms with Gasteiger partial charge in [-0.25, -0.2) is 4.98 Å². The maximum absolute atomic E-state index is 5.88. The number of oxazole rings is 1. The van der Waals surface area contributed by atoms with Crippen LogP contribution in [0.5, 0.6) is 0 Å². The molecule has 0 radical (unpaired) electrons. The van der Waals surface area contributed by atoms with Gasteiger partial charge in [-0.1, -0.05) is 36.4 Å². The van der Waals surface area contributed by atoms with Crippen LogP contribution >= 0.6 is 0 Å². The van der Waals surface area contributed by atoms with Crippen molar-refractivity contribution in [3.63, 3.8) is 0 Å². The second-order valence-corrected chi connectivity index (χ2v) is 6.88. The largest absolute Gasteiger partial charge is 0.436 e. The van der Waals surface area contributed by atoms with Crippen molar-refractivity contribution >= 4 is 28.6 Å². The molecule has 0 spiro atoms. The fourth-order valence-corrected chi connectivity index (χ4v) is 3.70. The van der Waals surface area contributed by atoms with Crippen molar-refractivity contribution in [3.8, 4) is 11.5 Å². The highest BCUT2D eigenvalue weighted by Crippen LogP contribution is 2.34. The van der Waals surface area contributed by atoms with Gasteiger partial charge in [-0.15, -0.1) is 0 Å². The molecule has 0 atom stereocenters. The number of benzene rings is 3. The standard InChI is InChI=1S/C24H20N2O/c1-26(22-11-6-8-17-7-2-3-9-20(17)22)19-15-13-18(14-16-19)24-25-21-10-4-5-12-23(21)27-24/h3-6,8-16H,2,7H2,1H3. The Balaban J connectivity index is 1.48. The van der Waals surface area contributed by atoms with Crippen molar-refractivity contribution in [1.29, 1.82) is 0 Å². The lowest BCUT2D eigenvalue weighted by molar-refractivity contribution is 0.620. The Hall–Kier alpha value is -3.33. The molecule has 1 aromatic heterocycles. The first-order valence-electron chi connectivity index (χ1n) is 9.28. The highest BCUT2D eigenvalue weighted by atomic mass is 16.3. The average molecular weight is 352 g/mol. The summed E-state index contributed by atoms with van der Waals surface area (Å²) in [6, 6.07) is 22.8. The number of allylic oxidation sites excluding steroid dienone is 1. The number of nitrogens with zero attached hydrogens (tertiary/aromatic N) is 2. The highest BCUT2D eigenvalue weighted by molar-refractivity contribution is 5.78. The van der Waals surface area contributed by atoms with E-state index in [-0.39, 0.29) is 0 Å². The molecule has 27 heavy (non-hydrogen) atoms. The molecule has 0 unspecified atom stereocenters. The molecule has 3 heteroatoms. The van der Waals surface area contributed by atoms with E-state index >= 15 is 0 Å². The highest BCUT2D eigenvalue weighted by Gasteiger charge is 2.14. The van der Waals surface area contributed by atoms with E-state index < -0.39 is 0 Å². The molecular formula is C24H20N2O. The fraction of sp³-hybridized carbons (Fsp3) is 0.125. The van der Waals surface area contributed by atoms with Gasteiger partial charge in [0.2, 0.25) is 5.89 Å². The maximum Gasteiger partial charge on any atom is 0.227 e. The predicted octanol–water partition coefficient (Wildman–Crippen LogP) is 6.22. The van der Waals surface area contributed by atoms with Gasteiger partial charge in [-0.3, -0.25) is 0 Å². The normalized spacial score (nSPS) is 12.9. The van der Waals surface area contributed by atoms with Crippen molar-refractivity contribution < 1.29 is 4.42 Å². The van der Waals surface area contributed by atoms with Crippen LogP contribution in [0.3, 0.4) is 0 Å². The summed E-state index contributed by atoms with van der Waals surface area (Å²) in [6.45, 7) is 0. The van der Waals surface area contributed by atoms with Gasteiger partial charge in [-0.05, 0) is 60.9 Å². The van der Waals surface area contributed by atoms with Gasteiger partial charge in [0, 0.05) is 29.5 Å². The summed E-state index contributed by atoms with van der Waals surface area (Å²) in [6.07, 6.45) is 6.75. The second kappa shape index (κ2) is 6.44. The lowest BCUT2D eigenvalue weighted by Gasteiger charge is -2.24. The molecular weight excluding hydrogens is 332 g/mol. The number of rotatable bonds is 3. The van der Waals surface area contributed by atoms with E-state index in [1.807, 2.05) is 24.3 Å². The van der Waals surface area contributed by atoms with Gasteiger partial charge in [0.1, 0.15) is 5.52 Å². The van der Waals surface area contributed by atoms with E-state index in [4.69, 9.17) is 4.42 Å². The van der Waals surface area contributed by atoms with Crippen LogP contribution in [0.2, 0.25) is 0 Å². The van der Waals surface area contributed by atoms with Crippen LogP contribution in [-0.4, -0.2) is 12.0 Å². The van der Waals surface area contributed by atoms with E-state index in [1.54, 1.807) is 0 Å². The summed E-state index contributed by atoms with van der Waals surface area (Å²) in [5, 5.41) is 0. The Bertz CT molecular complexity index is 1110. The molecule has 0 N–H and O–H groups in total. The summed E-state index contributed by atoms with van der Waals surface area (Å²) < 4.78 is 5.88. The minimum atomic E-state index is 0.658. The zero-order chi connectivity index (χ0) is 18.2. The third-order valence-electron chi connectivity index (χ3n) is 5.20. The number of anilines is 2. The number of para-hydroxylation sites is 2. The molecule has 0 fully saturated rings. The quantitative estimate of drug-likeness (QED) is 0.438. The van der Waals surface area contributed by atoms with Gasteiger partial charge >= 0.3 is 0 Å². The molecule has 1 aliphatic rings. The SMILES string of the molecule is CN(c1ccc(-c2nc3ccccc3o2)cc1)c1cccc2c1C=CCC2. The minimum Gasteiger partial charge on any atom is -0.436 e. The van der Waals surface area contributed by atoms with E-state index in [1.165, 1.54) is 16.8 Å². The van der Waals surface area contributed by atoms with Crippen LogP contribution in [0.1, 0.15) is 17.5 Å². The number of aromatic nitrogens is 1. The summed E-state index contributed by atoms with van der Waals surface area (Å²) in [5.41, 5.74) is 7.81. The molecule has 132 valence electrons. The van der Waals surface area contributed by atoms with Gasteiger partial charge in [0.15, 0.2) is 5.58 Å². The lowest BCUT2D eigenvalue weighted by Crippen LogP contribution is -2.12. The molecule has 5 rings (SSSR count). The smallest absolute Gasteiger partial charge is 0.227 e. The van der Waals surface area contributed by atoms with Crippen molar-refractivity contribution in [1.82, 2.24) is 4.98 Å². The molecule has 0 saturated carbocycles. The Labute approximate surface area is 158 Å². The fourth-order valence-electron chi connectivity index (χ4n) is 3.70. The number of fused-ring (bicyclic) bond motifs is 2. The number of hydrogen-bond donors (Lipinski definition) is 0. The van der Waals surface area contributed by atoms with E-state index in [2.05, 4.69) is 71.5 Å². The third-order valence-corrected chi connectivity index (χ3v) is 5.20. The van der Waals surface area contributed by atoms with E-state index in [9.17, 15) is 0 Å². The van der Waals surface area contributed by atoms with Crippen LogP contribution in [0.15, 0.2) is 77.2 Å². The summed E-state index contributed by atoms with van der Waals surface area (Å²) in [7, 11) is 2.12. The number of hydrogen-bond acceptors (Lipinski definition) is 3. The molecule has 3 aromatic carbocycles. The Morgan fingerprint density at radius 3 is 2.63 bits per heavy atom. The van der Waals surface area contributed by atoms with Crippen molar-refractivity contribution in [2.75, 3.05) is 11.9 Å². The van der Waals surface area contributed by atoms with Crippen LogP contribution in [0, 0.1) is 0 Å². The molecule has 0 saturated heterocycles. The van der Waals surface area contributed by atoms with Crippen molar-refractivity contribution in [2.45, 2.75) is 12.8 Å². The van der Waals surface area contributed by atoms with E-state index in [0.717, 1.165) is 35.2 Å². The average Bonchev–Trinajstić information content (AvgIpc) is 3.17. The Morgan fingerprint density at radius 2 is 1.78 bits per heavy atom. The predicted molar refractivity (Wildman–Crippen MR) is 111 cm³/mol. The molecule has 1 aliphatic carbocycles. The topological polar surface area (TPSA) is 29.3 Å². The van der Waals surface area contributed by atoms with Gasteiger partial charge in [0.25, 0.3) is 0 Å². The molecule has 0 bridgehead atoms. The Kier molecular flexibility index (Phi) is 3.79. The van der Waals surface area contributed by atoms with Gasteiger partial charge < -0.3 is 9.32 Å². The maximum atomic E-state index is 5.88. The summed E-state index contributed by atoms with van der Waals surface area (Å²) >= 11 is 0. The molecule has 0 amide bonds. The molecule has 4 aromatic rings. The van der Waals surface area contributed by atoms with Crippen LogP contribution in [-0.2, 0) is 6.42 Å². The summed E-state index contributed by atoms with van der Waals surface area (Å²) in [4.78, 5) is 6.82. The van der Waals surface area contributed by atoms with Crippen LogP contribution < -0.4 is 4.90 Å². The molecule has 0 aliphatic heterocycles. The zero-order valence-corrected chi connectivity index (χ0v) is 15.2. The first kappa shape index (κ1) is 15.9. The molecule has 1 heterocycles. The van der Waals surface area contributed by atoms with Crippen molar-refractivity contribution in [2.24, 2.45) is 0 Å². The van der Waals surface area contributed by atoms with Crippen LogP contribution in [0.25, 0.3) is 28.6 Å². The zero-order valence-electron chi connectivity index (χ0n) is 15.2. The summed E-state index contributed by atoms with van der Waals surface area (Å²) in [5.74, 6) is 0.658. The first-order chi connectivity index (χ1) is 13.3. The third kappa shape index (κ3) is 2.81. The lowest BCUT2D eigenvalue weighted by atomic mass is 9.95.